The average molecular weight is 402 g/mol. The van der Waals surface area contributed by atoms with Crippen molar-refractivity contribution in [2.45, 2.75) is 12.6 Å². The summed E-state index contributed by atoms with van der Waals surface area (Å²) in [5.41, 5.74) is 1.86. The number of hydrogen-bond donors (Lipinski definition) is 1. The maximum atomic E-state index is 12.6. The summed E-state index contributed by atoms with van der Waals surface area (Å²) in [5, 5.41) is 3.00. The van der Waals surface area contributed by atoms with Crippen molar-refractivity contribution in [2.75, 3.05) is 26.2 Å². The van der Waals surface area contributed by atoms with Crippen LogP contribution in [-0.4, -0.2) is 43.2 Å². The molecule has 30 heavy (non-hydrogen) atoms. The third kappa shape index (κ3) is 5.69. The molecule has 0 bridgehead atoms. The van der Waals surface area contributed by atoms with E-state index in [4.69, 9.17) is 9.47 Å². The van der Waals surface area contributed by atoms with E-state index >= 15 is 0 Å². The number of nitrogens with one attached hydrogen (secondary N) is 1. The summed E-state index contributed by atoms with van der Waals surface area (Å²) < 4.78 is 11.7. The second kappa shape index (κ2) is 10.1. The fraction of sp³-hybridized carbons (Fsp3) is 0.240. The van der Waals surface area contributed by atoms with E-state index in [1.807, 2.05) is 48.5 Å². The van der Waals surface area contributed by atoms with Crippen molar-refractivity contribution in [1.82, 2.24) is 10.2 Å². The summed E-state index contributed by atoms with van der Waals surface area (Å²) in [4.78, 5) is 15.0. The van der Waals surface area contributed by atoms with Crippen molar-refractivity contribution in [3.8, 4) is 11.5 Å². The zero-order chi connectivity index (χ0) is 20.6. The molecule has 0 radical (unpaired) electrons. The highest BCUT2D eigenvalue weighted by atomic mass is 16.5. The first kappa shape index (κ1) is 20.1. The van der Waals surface area contributed by atoms with Crippen LogP contribution in [-0.2, 0) is 11.3 Å². The summed E-state index contributed by atoms with van der Waals surface area (Å²) in [5.74, 6) is 1.25. The van der Waals surface area contributed by atoms with Crippen molar-refractivity contribution in [3.63, 3.8) is 0 Å². The second-order valence-corrected chi connectivity index (χ2v) is 7.37. The van der Waals surface area contributed by atoms with Crippen LogP contribution >= 0.6 is 0 Å². The maximum absolute atomic E-state index is 12.6. The molecule has 154 valence electrons. The van der Waals surface area contributed by atoms with Gasteiger partial charge >= 0.3 is 0 Å². The van der Waals surface area contributed by atoms with Gasteiger partial charge in [-0.3, -0.25) is 9.69 Å². The molecule has 1 N–H and O–H groups in total. The quantitative estimate of drug-likeness (QED) is 0.646. The minimum absolute atomic E-state index is 0.0184. The van der Waals surface area contributed by atoms with Gasteiger partial charge in [0.1, 0.15) is 11.5 Å². The summed E-state index contributed by atoms with van der Waals surface area (Å²) in [6.45, 7) is 3.75. The molecule has 5 heteroatoms. The lowest BCUT2D eigenvalue weighted by molar-refractivity contribution is -0.0292. The van der Waals surface area contributed by atoms with Gasteiger partial charge in [-0.15, -0.1) is 0 Å². The first-order valence-corrected chi connectivity index (χ1v) is 10.3. The Kier molecular flexibility index (Phi) is 6.75. The van der Waals surface area contributed by atoms with E-state index < -0.39 is 0 Å². The first-order valence-electron chi connectivity index (χ1n) is 10.3. The average Bonchev–Trinajstić information content (AvgIpc) is 2.79. The molecule has 1 atom stereocenters. The van der Waals surface area contributed by atoms with E-state index in [-0.39, 0.29) is 12.0 Å². The van der Waals surface area contributed by atoms with Crippen LogP contribution in [0.2, 0.25) is 0 Å². The highest BCUT2D eigenvalue weighted by molar-refractivity contribution is 5.94. The van der Waals surface area contributed by atoms with Gasteiger partial charge in [0, 0.05) is 31.7 Å². The van der Waals surface area contributed by atoms with Crippen molar-refractivity contribution < 1.29 is 14.3 Å². The number of para-hydroxylation sites is 1. The van der Waals surface area contributed by atoms with Gasteiger partial charge in [-0.2, -0.15) is 0 Å². The van der Waals surface area contributed by atoms with Crippen LogP contribution in [0.15, 0.2) is 84.9 Å². The zero-order valence-corrected chi connectivity index (χ0v) is 16.9. The number of carbonyl (C=O) groups is 1. The number of carbonyl (C=O) groups excluding carboxylic acids is 1. The van der Waals surface area contributed by atoms with Crippen molar-refractivity contribution >= 4 is 5.91 Å². The monoisotopic (exact) mass is 402 g/mol. The van der Waals surface area contributed by atoms with Gasteiger partial charge < -0.3 is 14.8 Å². The Labute approximate surface area is 177 Å². The Morgan fingerprint density at radius 1 is 0.967 bits per heavy atom. The summed E-state index contributed by atoms with van der Waals surface area (Å²) in [7, 11) is 0. The number of hydrogen-bond acceptors (Lipinski definition) is 4. The lowest BCUT2D eigenvalue weighted by Gasteiger charge is -2.33. The normalized spacial score (nSPS) is 16.7. The molecule has 1 fully saturated rings. The summed E-state index contributed by atoms with van der Waals surface area (Å²) >= 11 is 0. The van der Waals surface area contributed by atoms with Crippen LogP contribution in [0.1, 0.15) is 15.9 Å². The van der Waals surface area contributed by atoms with E-state index in [2.05, 4.69) is 34.5 Å². The van der Waals surface area contributed by atoms with Gasteiger partial charge in [0.2, 0.25) is 0 Å². The fourth-order valence-corrected chi connectivity index (χ4v) is 3.52. The molecule has 1 aliphatic rings. The molecule has 1 heterocycles. The Hall–Kier alpha value is -3.15. The van der Waals surface area contributed by atoms with Gasteiger partial charge in [-0.25, -0.2) is 0 Å². The predicted octanol–water partition coefficient (Wildman–Crippen LogP) is 4.11. The number of amides is 1. The molecular weight excluding hydrogens is 376 g/mol. The predicted molar refractivity (Wildman–Crippen MR) is 117 cm³/mol. The maximum Gasteiger partial charge on any atom is 0.251 e. The van der Waals surface area contributed by atoms with Gasteiger partial charge in [0.15, 0.2) is 0 Å². The largest absolute Gasteiger partial charge is 0.457 e. The van der Waals surface area contributed by atoms with E-state index in [0.717, 1.165) is 25.4 Å². The topological polar surface area (TPSA) is 50.8 Å². The van der Waals surface area contributed by atoms with Gasteiger partial charge in [-0.1, -0.05) is 54.6 Å². The molecule has 0 spiro atoms. The zero-order valence-electron chi connectivity index (χ0n) is 16.9. The number of nitrogens with zero attached hydrogens (tertiary/aromatic N) is 1. The van der Waals surface area contributed by atoms with Crippen molar-refractivity contribution in [3.05, 3.63) is 96.1 Å². The van der Waals surface area contributed by atoms with Crippen LogP contribution in [0.3, 0.4) is 0 Å². The molecule has 4 rings (SSSR count). The van der Waals surface area contributed by atoms with E-state index in [0.29, 0.717) is 24.5 Å². The highest BCUT2D eigenvalue weighted by Gasteiger charge is 2.21. The molecule has 1 amide bonds. The lowest BCUT2D eigenvalue weighted by Crippen LogP contribution is -2.47. The SMILES string of the molecule is O=C(NCC1CN(Cc2ccccc2)CCO1)c1cccc(Oc2ccccc2)c1. The Bertz CT molecular complexity index is 947. The molecule has 1 aliphatic heterocycles. The smallest absolute Gasteiger partial charge is 0.251 e. The standard InChI is InChI=1S/C25H26N2O3/c28-25(21-10-7-13-23(16-21)30-22-11-5-2-6-12-22)26-17-24-19-27(14-15-29-24)18-20-8-3-1-4-9-20/h1-13,16,24H,14-15,17-19H2,(H,26,28). The second-order valence-electron chi connectivity index (χ2n) is 7.37. The molecule has 0 aliphatic carbocycles. The van der Waals surface area contributed by atoms with Gasteiger partial charge in [0.25, 0.3) is 5.91 Å². The molecule has 0 aromatic heterocycles. The molecular formula is C25H26N2O3. The van der Waals surface area contributed by atoms with Crippen LogP contribution in [0.4, 0.5) is 0 Å². The summed E-state index contributed by atoms with van der Waals surface area (Å²) in [6.07, 6.45) is -0.0184. The van der Waals surface area contributed by atoms with Crippen LogP contribution < -0.4 is 10.1 Å². The molecule has 5 nitrogen and oxygen atoms in total. The molecule has 1 saturated heterocycles. The third-order valence-electron chi connectivity index (χ3n) is 5.04. The minimum Gasteiger partial charge on any atom is -0.457 e. The Balaban J connectivity index is 1.29. The van der Waals surface area contributed by atoms with Gasteiger partial charge in [0.05, 0.1) is 12.7 Å². The number of morpholine rings is 1. The fourth-order valence-electron chi connectivity index (χ4n) is 3.52. The van der Waals surface area contributed by atoms with Gasteiger partial charge in [-0.05, 0) is 35.9 Å². The highest BCUT2D eigenvalue weighted by Crippen LogP contribution is 2.21. The van der Waals surface area contributed by atoms with Crippen LogP contribution in [0, 0.1) is 0 Å². The molecule has 1 unspecified atom stereocenters. The first-order chi connectivity index (χ1) is 14.8. The van der Waals surface area contributed by atoms with E-state index in [1.165, 1.54) is 5.56 Å². The van der Waals surface area contributed by atoms with Crippen molar-refractivity contribution in [2.24, 2.45) is 0 Å². The summed E-state index contributed by atoms with van der Waals surface area (Å²) in [6, 6.07) is 27.2. The molecule has 3 aromatic carbocycles. The number of rotatable bonds is 7. The Morgan fingerprint density at radius 2 is 1.70 bits per heavy atom. The number of benzene rings is 3. The molecule has 3 aromatic rings. The lowest BCUT2D eigenvalue weighted by atomic mass is 10.1. The van der Waals surface area contributed by atoms with E-state index in [9.17, 15) is 4.79 Å². The van der Waals surface area contributed by atoms with Crippen LogP contribution in [0.5, 0.6) is 11.5 Å². The molecule has 0 saturated carbocycles. The minimum atomic E-state index is -0.128. The Morgan fingerprint density at radius 3 is 2.50 bits per heavy atom. The number of ether oxygens (including phenoxy) is 2. The van der Waals surface area contributed by atoms with Crippen molar-refractivity contribution in [1.29, 1.82) is 0 Å². The van der Waals surface area contributed by atoms with Crippen LogP contribution in [0.25, 0.3) is 0 Å². The third-order valence-corrected chi connectivity index (χ3v) is 5.04. The van der Waals surface area contributed by atoms with E-state index in [1.54, 1.807) is 12.1 Å².